The molecule has 0 saturated carbocycles. The van der Waals surface area contributed by atoms with Gasteiger partial charge in [-0.05, 0) is 20.3 Å². The van der Waals surface area contributed by atoms with Crippen LogP contribution in [0.15, 0.2) is 0 Å². The average Bonchev–Trinajstić information content (AvgIpc) is 2.10. The van der Waals surface area contributed by atoms with Gasteiger partial charge in [-0.1, -0.05) is 13.3 Å². The van der Waals surface area contributed by atoms with Crippen molar-refractivity contribution >= 4 is 5.97 Å². The summed E-state index contributed by atoms with van der Waals surface area (Å²) in [4.78, 5) is 11.2. The van der Waals surface area contributed by atoms with Gasteiger partial charge in [-0.3, -0.25) is 4.79 Å². The number of carboxylic acids is 1. The Bertz CT molecular complexity index is 241. The van der Waals surface area contributed by atoms with Gasteiger partial charge in [0.25, 0.3) is 0 Å². The largest absolute Gasteiger partial charge is 0.481 e. The fraction of sp³-hybridized carbons (Fsp3) is 0.917. The van der Waals surface area contributed by atoms with Crippen LogP contribution in [-0.4, -0.2) is 34.0 Å². The third-order valence-electron chi connectivity index (χ3n) is 3.27. The maximum Gasteiger partial charge on any atom is 0.309 e. The van der Waals surface area contributed by atoms with Crippen LogP contribution in [0.3, 0.4) is 0 Å². The van der Waals surface area contributed by atoms with Gasteiger partial charge in [0.2, 0.25) is 0 Å². The highest BCUT2D eigenvalue weighted by Crippen LogP contribution is 2.37. The SMILES string of the molecule is CCCC(C(=O)O)C1(O)CC(C)OC(C)C1. The topological polar surface area (TPSA) is 66.8 Å². The zero-order chi connectivity index (χ0) is 12.3. The molecule has 0 aliphatic carbocycles. The van der Waals surface area contributed by atoms with Crippen LogP contribution >= 0.6 is 0 Å². The highest BCUT2D eigenvalue weighted by molar-refractivity contribution is 5.71. The van der Waals surface area contributed by atoms with Crippen LogP contribution in [-0.2, 0) is 9.53 Å². The van der Waals surface area contributed by atoms with Gasteiger partial charge in [-0.2, -0.15) is 0 Å². The number of rotatable bonds is 4. The van der Waals surface area contributed by atoms with Crippen molar-refractivity contribution in [3.8, 4) is 0 Å². The molecule has 94 valence electrons. The molecule has 0 aromatic rings. The molecule has 3 unspecified atom stereocenters. The first kappa shape index (κ1) is 13.5. The van der Waals surface area contributed by atoms with Gasteiger partial charge in [0.15, 0.2) is 0 Å². The number of carboxylic acid groups (broad SMARTS) is 1. The summed E-state index contributed by atoms with van der Waals surface area (Å²) in [5.41, 5.74) is -1.11. The quantitative estimate of drug-likeness (QED) is 0.773. The smallest absolute Gasteiger partial charge is 0.309 e. The van der Waals surface area contributed by atoms with E-state index in [0.717, 1.165) is 6.42 Å². The summed E-state index contributed by atoms with van der Waals surface area (Å²) in [6.07, 6.45) is 1.96. The molecule has 0 amide bonds. The van der Waals surface area contributed by atoms with E-state index in [-0.39, 0.29) is 12.2 Å². The van der Waals surface area contributed by atoms with E-state index in [9.17, 15) is 15.0 Å². The molecule has 1 aliphatic heterocycles. The highest BCUT2D eigenvalue weighted by atomic mass is 16.5. The van der Waals surface area contributed by atoms with Crippen LogP contribution in [0, 0.1) is 5.92 Å². The number of hydrogen-bond donors (Lipinski definition) is 2. The molecule has 1 rings (SSSR count). The van der Waals surface area contributed by atoms with E-state index in [1.54, 1.807) is 0 Å². The Morgan fingerprint density at radius 2 is 1.94 bits per heavy atom. The third kappa shape index (κ3) is 2.95. The fourth-order valence-electron chi connectivity index (χ4n) is 2.77. The fourth-order valence-corrected chi connectivity index (χ4v) is 2.77. The van der Waals surface area contributed by atoms with Crippen molar-refractivity contribution in [1.82, 2.24) is 0 Å². The lowest BCUT2D eigenvalue weighted by Gasteiger charge is -2.42. The van der Waals surface area contributed by atoms with E-state index in [1.807, 2.05) is 20.8 Å². The lowest BCUT2D eigenvalue weighted by molar-refractivity contribution is -0.177. The van der Waals surface area contributed by atoms with Crippen molar-refractivity contribution in [2.75, 3.05) is 0 Å². The van der Waals surface area contributed by atoms with Crippen LogP contribution in [0.2, 0.25) is 0 Å². The molecule has 1 fully saturated rings. The minimum absolute atomic E-state index is 0.0764. The molecule has 1 aliphatic rings. The second kappa shape index (κ2) is 5.15. The molecule has 3 atom stereocenters. The van der Waals surface area contributed by atoms with Crippen molar-refractivity contribution in [1.29, 1.82) is 0 Å². The molecule has 1 heterocycles. The molecule has 0 bridgehead atoms. The normalized spacial score (nSPS) is 37.0. The molecule has 0 aromatic heterocycles. The standard InChI is InChI=1S/C12H22O4/c1-4-5-10(11(13)14)12(15)6-8(2)16-9(3)7-12/h8-10,15H,4-7H2,1-3H3,(H,13,14). The van der Waals surface area contributed by atoms with Gasteiger partial charge in [0.05, 0.1) is 23.7 Å². The summed E-state index contributed by atoms with van der Waals surface area (Å²) >= 11 is 0. The first-order valence-corrected chi connectivity index (χ1v) is 5.99. The Morgan fingerprint density at radius 3 is 2.31 bits per heavy atom. The number of hydrogen-bond acceptors (Lipinski definition) is 3. The molecule has 0 radical (unpaired) electrons. The van der Waals surface area contributed by atoms with Crippen LogP contribution in [0.25, 0.3) is 0 Å². The van der Waals surface area contributed by atoms with Crippen LogP contribution in [0.5, 0.6) is 0 Å². The number of aliphatic hydroxyl groups is 1. The highest BCUT2D eigenvalue weighted by Gasteiger charge is 2.45. The van der Waals surface area contributed by atoms with Crippen molar-refractivity contribution in [2.45, 2.75) is 64.3 Å². The minimum Gasteiger partial charge on any atom is -0.481 e. The molecule has 0 aromatic carbocycles. The van der Waals surface area contributed by atoms with Gasteiger partial charge in [0.1, 0.15) is 0 Å². The number of ether oxygens (including phenoxy) is 1. The first-order valence-electron chi connectivity index (χ1n) is 5.99. The number of aliphatic carboxylic acids is 1. The predicted molar refractivity (Wildman–Crippen MR) is 60.2 cm³/mol. The zero-order valence-electron chi connectivity index (χ0n) is 10.3. The van der Waals surface area contributed by atoms with Crippen molar-refractivity contribution in [3.63, 3.8) is 0 Å². The van der Waals surface area contributed by atoms with Gasteiger partial charge in [-0.25, -0.2) is 0 Å². The molecule has 0 spiro atoms. The second-order valence-corrected chi connectivity index (χ2v) is 4.95. The summed E-state index contributed by atoms with van der Waals surface area (Å²) < 4.78 is 5.54. The summed E-state index contributed by atoms with van der Waals surface area (Å²) in [5.74, 6) is -1.57. The summed E-state index contributed by atoms with van der Waals surface area (Å²) in [7, 11) is 0. The predicted octanol–water partition coefficient (Wildman–Crippen LogP) is 1.81. The molecular formula is C12H22O4. The lowest BCUT2D eigenvalue weighted by Crippen LogP contribution is -2.51. The van der Waals surface area contributed by atoms with Gasteiger partial charge in [-0.15, -0.1) is 0 Å². The minimum atomic E-state index is -1.11. The first-order chi connectivity index (χ1) is 7.39. The molecule has 4 heteroatoms. The van der Waals surface area contributed by atoms with Crippen LogP contribution < -0.4 is 0 Å². The Morgan fingerprint density at radius 1 is 1.44 bits per heavy atom. The molecule has 16 heavy (non-hydrogen) atoms. The monoisotopic (exact) mass is 230 g/mol. The van der Waals surface area contributed by atoms with Gasteiger partial charge < -0.3 is 14.9 Å². The van der Waals surface area contributed by atoms with E-state index in [4.69, 9.17) is 4.74 Å². The van der Waals surface area contributed by atoms with E-state index in [0.29, 0.717) is 19.3 Å². The Kier molecular flexibility index (Phi) is 4.33. The van der Waals surface area contributed by atoms with E-state index < -0.39 is 17.5 Å². The van der Waals surface area contributed by atoms with E-state index >= 15 is 0 Å². The number of carbonyl (C=O) groups is 1. The third-order valence-corrected chi connectivity index (χ3v) is 3.27. The second-order valence-electron chi connectivity index (χ2n) is 4.95. The van der Waals surface area contributed by atoms with E-state index in [1.165, 1.54) is 0 Å². The van der Waals surface area contributed by atoms with Crippen LogP contribution in [0.4, 0.5) is 0 Å². The molecule has 4 nitrogen and oxygen atoms in total. The zero-order valence-corrected chi connectivity index (χ0v) is 10.3. The maximum atomic E-state index is 11.2. The van der Waals surface area contributed by atoms with Crippen molar-refractivity contribution in [2.24, 2.45) is 5.92 Å². The summed E-state index contributed by atoms with van der Waals surface area (Å²) in [6.45, 7) is 5.70. The molecule has 1 saturated heterocycles. The Labute approximate surface area is 96.6 Å². The summed E-state index contributed by atoms with van der Waals surface area (Å²) in [6, 6.07) is 0. The lowest BCUT2D eigenvalue weighted by atomic mass is 9.75. The van der Waals surface area contributed by atoms with Gasteiger partial charge in [0, 0.05) is 12.8 Å². The van der Waals surface area contributed by atoms with Crippen LogP contribution in [0.1, 0.15) is 46.5 Å². The molecule has 2 N–H and O–H groups in total. The van der Waals surface area contributed by atoms with Crippen molar-refractivity contribution in [3.05, 3.63) is 0 Å². The summed E-state index contributed by atoms with van der Waals surface area (Å²) in [5, 5.41) is 19.7. The van der Waals surface area contributed by atoms with Gasteiger partial charge >= 0.3 is 5.97 Å². The molecular weight excluding hydrogens is 208 g/mol. The average molecular weight is 230 g/mol. The van der Waals surface area contributed by atoms with Crippen molar-refractivity contribution < 1.29 is 19.7 Å². The Balaban J connectivity index is 2.83. The van der Waals surface area contributed by atoms with E-state index in [2.05, 4.69) is 0 Å². The Hall–Kier alpha value is -0.610. The maximum absolute atomic E-state index is 11.2.